The number of sulfonamides is 1. The molecule has 8 heteroatoms. The molecule has 116 valence electrons. The van der Waals surface area contributed by atoms with Crippen molar-refractivity contribution in [1.82, 2.24) is 9.62 Å². The highest BCUT2D eigenvalue weighted by atomic mass is 32.2. The Bertz CT molecular complexity index is 603. The van der Waals surface area contributed by atoms with Crippen LogP contribution in [0.25, 0.3) is 0 Å². The highest BCUT2D eigenvalue weighted by Crippen LogP contribution is 2.21. The summed E-state index contributed by atoms with van der Waals surface area (Å²) in [5, 5.41) is 2.59. The van der Waals surface area contributed by atoms with E-state index in [2.05, 4.69) is 5.32 Å². The van der Waals surface area contributed by atoms with Crippen molar-refractivity contribution in [2.45, 2.75) is 17.9 Å². The fraction of sp³-hybridized carbons (Fsp3) is 0.462. The number of carbonyl (C=O) groups is 1. The van der Waals surface area contributed by atoms with Crippen LogP contribution in [0.5, 0.6) is 0 Å². The zero-order valence-corrected chi connectivity index (χ0v) is 12.4. The Labute approximate surface area is 122 Å². The third-order valence-electron chi connectivity index (χ3n) is 3.15. The van der Waals surface area contributed by atoms with Crippen LogP contribution in [-0.2, 0) is 19.6 Å². The minimum absolute atomic E-state index is 0.00621. The van der Waals surface area contributed by atoms with Gasteiger partial charge in [-0.2, -0.15) is 4.31 Å². The molecule has 0 radical (unpaired) electrons. The van der Waals surface area contributed by atoms with Gasteiger partial charge in [0.1, 0.15) is 11.9 Å². The maximum atomic E-state index is 12.9. The first kappa shape index (κ1) is 15.9. The molecule has 0 aliphatic carbocycles. The van der Waals surface area contributed by atoms with Crippen LogP contribution in [-0.4, -0.2) is 51.0 Å². The summed E-state index contributed by atoms with van der Waals surface area (Å²) in [4.78, 5) is 11.9. The molecule has 6 nitrogen and oxygen atoms in total. The molecule has 1 unspecified atom stereocenters. The molecule has 1 N–H and O–H groups in total. The number of hydrogen-bond donors (Lipinski definition) is 1. The molecular weight excluding hydrogens is 299 g/mol. The second kappa shape index (κ2) is 6.50. The van der Waals surface area contributed by atoms with Crippen molar-refractivity contribution >= 4 is 15.9 Å². The average Bonchev–Trinajstić information content (AvgIpc) is 2.48. The van der Waals surface area contributed by atoms with E-state index in [9.17, 15) is 17.6 Å². The maximum absolute atomic E-state index is 12.9. The van der Waals surface area contributed by atoms with Crippen molar-refractivity contribution in [2.24, 2.45) is 0 Å². The molecule has 1 heterocycles. The molecule has 0 spiro atoms. The van der Waals surface area contributed by atoms with Gasteiger partial charge in [0.15, 0.2) is 0 Å². The molecule has 1 aliphatic heterocycles. The van der Waals surface area contributed by atoms with E-state index >= 15 is 0 Å². The first-order valence-electron chi connectivity index (χ1n) is 6.59. The molecule has 1 aliphatic rings. The number of halogens is 1. The molecule has 1 fully saturated rings. The van der Waals surface area contributed by atoms with Gasteiger partial charge in [-0.15, -0.1) is 0 Å². The number of ether oxygens (including phenoxy) is 1. The number of amides is 1. The highest BCUT2D eigenvalue weighted by Gasteiger charge is 2.38. The van der Waals surface area contributed by atoms with Gasteiger partial charge in [-0.3, -0.25) is 4.79 Å². The standard InChI is InChI=1S/C13H17FN2O4S/c1-2-15-13(17)12-9-20-8-7-16(12)21(18,19)11-5-3-10(14)4-6-11/h3-6,12H,2,7-9H2,1H3,(H,15,17). The highest BCUT2D eigenvalue weighted by molar-refractivity contribution is 7.89. The second-order valence-corrected chi connectivity index (χ2v) is 6.45. The van der Waals surface area contributed by atoms with Crippen molar-refractivity contribution in [1.29, 1.82) is 0 Å². The first-order valence-corrected chi connectivity index (χ1v) is 8.03. The average molecular weight is 316 g/mol. The van der Waals surface area contributed by atoms with Gasteiger partial charge in [0.05, 0.1) is 18.1 Å². The lowest BCUT2D eigenvalue weighted by Crippen LogP contribution is -2.55. The third kappa shape index (κ3) is 3.39. The molecule has 0 bridgehead atoms. The lowest BCUT2D eigenvalue weighted by atomic mass is 10.2. The Kier molecular flexibility index (Phi) is 4.92. The number of hydrogen-bond acceptors (Lipinski definition) is 4. The molecule has 1 amide bonds. The number of morpholine rings is 1. The van der Waals surface area contributed by atoms with Gasteiger partial charge in [-0.05, 0) is 31.2 Å². The van der Waals surface area contributed by atoms with E-state index in [-0.39, 0.29) is 24.7 Å². The molecule has 1 atom stereocenters. The molecular formula is C13H17FN2O4S. The zero-order chi connectivity index (χ0) is 15.5. The van der Waals surface area contributed by atoms with E-state index in [1.807, 2.05) is 0 Å². The normalized spacial score (nSPS) is 20.2. The van der Waals surface area contributed by atoms with Crippen LogP contribution >= 0.6 is 0 Å². The van der Waals surface area contributed by atoms with Gasteiger partial charge < -0.3 is 10.1 Å². The van der Waals surface area contributed by atoms with Crippen LogP contribution in [0, 0.1) is 5.82 Å². The Morgan fingerprint density at radius 3 is 2.71 bits per heavy atom. The van der Waals surface area contributed by atoms with Crippen LogP contribution in [0.4, 0.5) is 4.39 Å². The van der Waals surface area contributed by atoms with Gasteiger partial charge in [-0.1, -0.05) is 0 Å². The van der Waals surface area contributed by atoms with Crippen LogP contribution < -0.4 is 5.32 Å². The van der Waals surface area contributed by atoms with E-state index in [1.165, 1.54) is 12.1 Å². The van der Waals surface area contributed by atoms with Crippen LogP contribution in [0.1, 0.15) is 6.92 Å². The van der Waals surface area contributed by atoms with Gasteiger partial charge in [0, 0.05) is 13.1 Å². The number of rotatable bonds is 4. The van der Waals surface area contributed by atoms with E-state index < -0.39 is 27.8 Å². The van der Waals surface area contributed by atoms with Crippen LogP contribution in [0.3, 0.4) is 0 Å². The van der Waals surface area contributed by atoms with E-state index in [0.29, 0.717) is 6.54 Å². The summed E-state index contributed by atoms with van der Waals surface area (Å²) < 4.78 is 44.4. The monoisotopic (exact) mass is 316 g/mol. The quantitative estimate of drug-likeness (QED) is 0.870. The molecule has 1 saturated heterocycles. The summed E-state index contributed by atoms with van der Waals surface area (Å²) in [6.07, 6.45) is 0. The van der Waals surface area contributed by atoms with Crippen LogP contribution in [0.15, 0.2) is 29.2 Å². The Balaban J connectivity index is 2.31. The number of likely N-dealkylation sites (N-methyl/N-ethyl adjacent to an activating group) is 1. The molecule has 0 aromatic heterocycles. The third-order valence-corrected chi connectivity index (χ3v) is 5.08. The lowest BCUT2D eigenvalue weighted by molar-refractivity contribution is -0.129. The smallest absolute Gasteiger partial charge is 0.243 e. The van der Waals surface area contributed by atoms with E-state index in [1.54, 1.807) is 6.92 Å². The Hall–Kier alpha value is -1.51. The summed E-state index contributed by atoms with van der Waals surface area (Å²) in [6.45, 7) is 2.46. The number of benzene rings is 1. The van der Waals surface area contributed by atoms with Crippen molar-refractivity contribution < 1.29 is 22.3 Å². The fourth-order valence-electron chi connectivity index (χ4n) is 2.12. The van der Waals surface area contributed by atoms with Crippen LogP contribution in [0.2, 0.25) is 0 Å². The van der Waals surface area contributed by atoms with Crippen molar-refractivity contribution in [3.05, 3.63) is 30.1 Å². The molecule has 1 aromatic carbocycles. The second-order valence-electron chi connectivity index (χ2n) is 4.55. The number of carbonyl (C=O) groups excluding carboxylic acids is 1. The molecule has 2 rings (SSSR count). The van der Waals surface area contributed by atoms with E-state index in [0.717, 1.165) is 16.4 Å². The largest absolute Gasteiger partial charge is 0.378 e. The fourth-order valence-corrected chi connectivity index (χ4v) is 3.67. The zero-order valence-electron chi connectivity index (χ0n) is 11.6. The summed E-state index contributed by atoms with van der Waals surface area (Å²) in [6, 6.07) is 3.63. The van der Waals surface area contributed by atoms with Crippen molar-refractivity contribution in [3.63, 3.8) is 0 Å². The predicted molar refractivity (Wildman–Crippen MR) is 73.6 cm³/mol. The van der Waals surface area contributed by atoms with Gasteiger partial charge in [0.25, 0.3) is 0 Å². The first-order chi connectivity index (χ1) is 9.96. The predicted octanol–water partition coefficient (Wildman–Crippen LogP) is 0.351. The van der Waals surface area contributed by atoms with E-state index in [4.69, 9.17) is 4.74 Å². The number of nitrogens with zero attached hydrogens (tertiary/aromatic N) is 1. The Morgan fingerprint density at radius 1 is 1.43 bits per heavy atom. The SMILES string of the molecule is CCNC(=O)C1COCCN1S(=O)(=O)c1ccc(F)cc1. The van der Waals surface area contributed by atoms with Gasteiger partial charge >= 0.3 is 0 Å². The lowest BCUT2D eigenvalue weighted by Gasteiger charge is -2.33. The number of nitrogens with one attached hydrogen (secondary N) is 1. The summed E-state index contributed by atoms with van der Waals surface area (Å²) in [7, 11) is -3.87. The summed E-state index contributed by atoms with van der Waals surface area (Å²) in [5.41, 5.74) is 0. The summed E-state index contributed by atoms with van der Waals surface area (Å²) in [5.74, 6) is -0.918. The van der Waals surface area contributed by atoms with Crippen molar-refractivity contribution in [2.75, 3.05) is 26.3 Å². The van der Waals surface area contributed by atoms with Gasteiger partial charge in [-0.25, -0.2) is 12.8 Å². The molecule has 21 heavy (non-hydrogen) atoms. The van der Waals surface area contributed by atoms with Gasteiger partial charge in [0.2, 0.25) is 15.9 Å². The maximum Gasteiger partial charge on any atom is 0.243 e. The minimum atomic E-state index is -3.87. The molecule has 1 aromatic rings. The Morgan fingerprint density at radius 2 is 2.10 bits per heavy atom. The minimum Gasteiger partial charge on any atom is -0.378 e. The molecule has 0 saturated carbocycles. The topological polar surface area (TPSA) is 75.7 Å². The van der Waals surface area contributed by atoms with Crippen molar-refractivity contribution in [3.8, 4) is 0 Å². The summed E-state index contributed by atoms with van der Waals surface area (Å²) >= 11 is 0.